The maximum atomic E-state index is 12.5. The minimum atomic E-state index is -0.817. The van der Waals surface area contributed by atoms with E-state index in [4.69, 9.17) is 21.7 Å². The van der Waals surface area contributed by atoms with Crippen molar-refractivity contribution >= 4 is 35.1 Å². The van der Waals surface area contributed by atoms with Gasteiger partial charge in [0, 0.05) is 18.7 Å². The molecular formula is C20H27N3O5S. The molecule has 0 aromatic heterocycles. The van der Waals surface area contributed by atoms with Crippen LogP contribution in [0.5, 0.6) is 5.75 Å². The van der Waals surface area contributed by atoms with Crippen molar-refractivity contribution in [2.24, 2.45) is 5.92 Å². The van der Waals surface area contributed by atoms with Crippen LogP contribution in [-0.4, -0.2) is 60.1 Å². The number of carbonyl (C=O) groups is 3. The average Bonchev–Trinajstić information content (AvgIpc) is 2.68. The van der Waals surface area contributed by atoms with E-state index in [0.717, 1.165) is 0 Å². The van der Waals surface area contributed by atoms with Crippen molar-refractivity contribution in [1.29, 1.82) is 0 Å². The number of esters is 1. The number of hydrogen-bond acceptors (Lipinski definition) is 6. The van der Waals surface area contributed by atoms with E-state index in [1.54, 1.807) is 36.1 Å². The molecule has 1 aromatic carbocycles. The Morgan fingerprint density at radius 3 is 2.62 bits per heavy atom. The Morgan fingerprint density at radius 1 is 1.31 bits per heavy atom. The third kappa shape index (κ3) is 6.70. The summed E-state index contributed by atoms with van der Waals surface area (Å²) >= 11 is 5.33. The standard InChI is InChI=1S/C20H27N3O5S/c1-4-27-17(24)11-16-19(26)21-9-10-23(16)20(29)22-18(25)14-5-7-15(8-6-14)28-12-13(2)3/h5-8,13,16H,4,9-12H2,1-3H3,(H,21,26)(H,22,25,29)/t16-/m0/s1. The molecule has 1 atom stereocenters. The molecule has 0 unspecified atom stereocenters. The van der Waals surface area contributed by atoms with Crippen molar-refractivity contribution in [3.05, 3.63) is 29.8 Å². The summed E-state index contributed by atoms with van der Waals surface area (Å²) in [6.45, 7) is 7.38. The zero-order valence-corrected chi connectivity index (χ0v) is 17.7. The quantitative estimate of drug-likeness (QED) is 0.509. The summed E-state index contributed by atoms with van der Waals surface area (Å²) in [6, 6.07) is 5.91. The van der Waals surface area contributed by atoms with Crippen LogP contribution < -0.4 is 15.4 Å². The number of rotatable bonds is 7. The van der Waals surface area contributed by atoms with Gasteiger partial charge in [-0.3, -0.25) is 19.7 Å². The molecule has 8 nitrogen and oxygen atoms in total. The average molecular weight is 422 g/mol. The van der Waals surface area contributed by atoms with Gasteiger partial charge in [0.1, 0.15) is 11.8 Å². The van der Waals surface area contributed by atoms with Gasteiger partial charge in [-0.2, -0.15) is 0 Å². The van der Waals surface area contributed by atoms with Crippen LogP contribution in [-0.2, 0) is 14.3 Å². The van der Waals surface area contributed by atoms with Crippen LogP contribution in [0.15, 0.2) is 24.3 Å². The van der Waals surface area contributed by atoms with Gasteiger partial charge < -0.3 is 19.7 Å². The number of thiocarbonyl (C=S) groups is 1. The van der Waals surface area contributed by atoms with Crippen molar-refractivity contribution in [1.82, 2.24) is 15.5 Å². The van der Waals surface area contributed by atoms with E-state index >= 15 is 0 Å². The Hall–Kier alpha value is -2.68. The molecule has 29 heavy (non-hydrogen) atoms. The van der Waals surface area contributed by atoms with Crippen LogP contribution in [0.1, 0.15) is 37.6 Å². The van der Waals surface area contributed by atoms with E-state index in [1.165, 1.54) is 0 Å². The van der Waals surface area contributed by atoms with E-state index in [2.05, 4.69) is 24.5 Å². The number of nitrogens with one attached hydrogen (secondary N) is 2. The smallest absolute Gasteiger partial charge is 0.308 e. The Balaban J connectivity index is 2.00. The minimum Gasteiger partial charge on any atom is -0.493 e. The van der Waals surface area contributed by atoms with Crippen LogP contribution in [0.3, 0.4) is 0 Å². The molecule has 1 fully saturated rings. The lowest BCUT2D eigenvalue weighted by Crippen LogP contribution is -2.60. The summed E-state index contributed by atoms with van der Waals surface area (Å²) in [5, 5.41) is 5.43. The highest BCUT2D eigenvalue weighted by Crippen LogP contribution is 2.14. The summed E-state index contributed by atoms with van der Waals surface area (Å²) in [5.74, 6) is -0.135. The van der Waals surface area contributed by atoms with Crippen LogP contribution in [0.2, 0.25) is 0 Å². The fraction of sp³-hybridized carbons (Fsp3) is 0.500. The molecule has 0 spiro atoms. The van der Waals surface area contributed by atoms with E-state index in [9.17, 15) is 14.4 Å². The molecule has 2 rings (SSSR count). The van der Waals surface area contributed by atoms with Crippen molar-refractivity contribution in [2.45, 2.75) is 33.2 Å². The predicted octanol–water partition coefficient (Wildman–Crippen LogP) is 1.49. The Labute approximate surface area is 175 Å². The number of amides is 2. The zero-order valence-electron chi connectivity index (χ0n) is 16.9. The van der Waals surface area contributed by atoms with Gasteiger partial charge >= 0.3 is 5.97 Å². The summed E-state index contributed by atoms with van der Waals surface area (Å²) in [6.07, 6.45) is -0.141. The van der Waals surface area contributed by atoms with Crippen molar-refractivity contribution in [3.8, 4) is 5.75 Å². The van der Waals surface area contributed by atoms with Crippen LogP contribution in [0.4, 0.5) is 0 Å². The highest BCUT2D eigenvalue weighted by molar-refractivity contribution is 7.80. The Morgan fingerprint density at radius 2 is 2.00 bits per heavy atom. The van der Waals surface area contributed by atoms with Gasteiger partial charge in [-0.15, -0.1) is 0 Å². The highest BCUT2D eigenvalue weighted by Gasteiger charge is 2.34. The molecule has 1 heterocycles. The molecule has 0 radical (unpaired) electrons. The molecule has 1 aromatic rings. The largest absolute Gasteiger partial charge is 0.493 e. The number of benzene rings is 1. The first-order valence-electron chi connectivity index (χ1n) is 9.60. The topological polar surface area (TPSA) is 97.0 Å². The SMILES string of the molecule is CCOC(=O)C[C@H]1C(=O)NCCN1C(=S)NC(=O)c1ccc(OCC(C)C)cc1. The highest BCUT2D eigenvalue weighted by atomic mass is 32.1. The minimum absolute atomic E-state index is 0.0966. The Bertz CT molecular complexity index is 751. The molecule has 9 heteroatoms. The summed E-state index contributed by atoms with van der Waals surface area (Å²) < 4.78 is 10.5. The predicted molar refractivity (Wildman–Crippen MR) is 112 cm³/mol. The van der Waals surface area contributed by atoms with Gasteiger partial charge in [0.05, 0.1) is 19.6 Å². The second-order valence-electron chi connectivity index (χ2n) is 7.00. The third-order valence-electron chi connectivity index (χ3n) is 4.18. The lowest BCUT2D eigenvalue weighted by Gasteiger charge is -2.36. The number of ether oxygens (including phenoxy) is 2. The summed E-state index contributed by atoms with van der Waals surface area (Å²) in [7, 11) is 0. The fourth-order valence-electron chi connectivity index (χ4n) is 2.75. The van der Waals surface area contributed by atoms with Crippen molar-refractivity contribution in [2.75, 3.05) is 26.3 Å². The number of piperazine rings is 1. The first-order chi connectivity index (χ1) is 13.8. The lowest BCUT2D eigenvalue weighted by atomic mass is 10.1. The molecule has 0 aliphatic carbocycles. The molecule has 1 aliphatic heterocycles. The zero-order chi connectivity index (χ0) is 21.4. The molecule has 1 aliphatic rings. The van der Waals surface area contributed by atoms with Crippen LogP contribution >= 0.6 is 12.2 Å². The van der Waals surface area contributed by atoms with Gasteiger partial charge in [0.25, 0.3) is 5.91 Å². The molecule has 0 bridgehead atoms. The second kappa shape index (κ2) is 10.8. The van der Waals surface area contributed by atoms with E-state index < -0.39 is 17.9 Å². The number of hydrogen-bond donors (Lipinski definition) is 2. The molecule has 1 saturated heterocycles. The normalized spacial score (nSPS) is 16.2. The fourth-order valence-corrected chi connectivity index (χ4v) is 3.06. The van der Waals surface area contributed by atoms with Crippen LogP contribution in [0.25, 0.3) is 0 Å². The Kier molecular flexibility index (Phi) is 8.38. The third-order valence-corrected chi connectivity index (χ3v) is 4.51. The molecule has 2 amide bonds. The van der Waals surface area contributed by atoms with E-state index in [0.29, 0.717) is 36.9 Å². The van der Waals surface area contributed by atoms with Gasteiger partial charge in [-0.25, -0.2) is 0 Å². The maximum Gasteiger partial charge on any atom is 0.308 e. The summed E-state index contributed by atoms with van der Waals surface area (Å²) in [4.78, 5) is 38.1. The molecule has 0 saturated carbocycles. The first-order valence-corrected chi connectivity index (χ1v) is 10.0. The van der Waals surface area contributed by atoms with Gasteiger partial charge in [-0.1, -0.05) is 13.8 Å². The summed E-state index contributed by atoms with van der Waals surface area (Å²) in [5.41, 5.74) is 0.410. The van der Waals surface area contributed by atoms with Gasteiger partial charge in [-0.05, 0) is 49.3 Å². The van der Waals surface area contributed by atoms with E-state index in [-0.39, 0.29) is 24.0 Å². The maximum absolute atomic E-state index is 12.5. The van der Waals surface area contributed by atoms with Crippen molar-refractivity contribution < 1.29 is 23.9 Å². The van der Waals surface area contributed by atoms with Gasteiger partial charge in [0.15, 0.2) is 5.11 Å². The van der Waals surface area contributed by atoms with E-state index in [1.807, 2.05) is 0 Å². The monoisotopic (exact) mass is 421 g/mol. The van der Waals surface area contributed by atoms with Gasteiger partial charge in [0.2, 0.25) is 5.91 Å². The molecule has 2 N–H and O–H groups in total. The molecule has 158 valence electrons. The number of carbonyl (C=O) groups excluding carboxylic acids is 3. The van der Waals surface area contributed by atoms with Crippen LogP contribution in [0, 0.1) is 5.92 Å². The molecular weight excluding hydrogens is 394 g/mol. The number of nitrogens with zero attached hydrogens (tertiary/aromatic N) is 1. The second-order valence-corrected chi connectivity index (χ2v) is 7.38. The first kappa shape index (κ1) is 22.6. The van der Waals surface area contributed by atoms with Crippen molar-refractivity contribution in [3.63, 3.8) is 0 Å². The lowest BCUT2D eigenvalue weighted by molar-refractivity contribution is -0.147.